The molecule has 0 saturated heterocycles. The Labute approximate surface area is 271 Å². The molecular formula is C35H38N8O2S. The number of thiazole rings is 1. The molecule has 5 aromatic rings. The fourth-order valence-corrected chi connectivity index (χ4v) is 10.5. The van der Waals surface area contributed by atoms with E-state index in [9.17, 15) is 9.90 Å². The van der Waals surface area contributed by atoms with Crippen LogP contribution in [0.2, 0.25) is 0 Å². The Hall–Kier alpha value is -4.12. The van der Waals surface area contributed by atoms with Gasteiger partial charge in [-0.05, 0) is 106 Å². The summed E-state index contributed by atoms with van der Waals surface area (Å²) in [7, 11) is 0. The van der Waals surface area contributed by atoms with Gasteiger partial charge < -0.3 is 10.4 Å². The minimum absolute atomic E-state index is 0.163. The molecule has 4 saturated carbocycles. The minimum atomic E-state index is -1.02. The fourth-order valence-electron chi connectivity index (χ4n) is 9.43. The van der Waals surface area contributed by atoms with E-state index < -0.39 is 5.97 Å². The van der Waals surface area contributed by atoms with Gasteiger partial charge >= 0.3 is 5.97 Å². The molecule has 0 aromatic carbocycles. The molecule has 5 aromatic heterocycles. The van der Waals surface area contributed by atoms with E-state index in [1.54, 1.807) is 21.9 Å². The van der Waals surface area contributed by atoms with Crippen molar-refractivity contribution in [3.05, 3.63) is 58.6 Å². The van der Waals surface area contributed by atoms with Crippen LogP contribution in [0.3, 0.4) is 0 Å². The topological polar surface area (TPSA) is 123 Å². The highest BCUT2D eigenvalue weighted by atomic mass is 32.1. The zero-order chi connectivity index (χ0) is 31.0. The number of carboxylic acids is 1. The molecule has 11 heteroatoms. The summed E-state index contributed by atoms with van der Waals surface area (Å²) < 4.78 is 3.87. The molecule has 0 spiro atoms. The molecule has 0 aliphatic heterocycles. The van der Waals surface area contributed by atoms with Gasteiger partial charge in [-0.15, -0.1) is 21.5 Å². The fraction of sp³-hybridized carbons (Fsp3) is 0.486. The summed E-state index contributed by atoms with van der Waals surface area (Å²) in [6.07, 6.45) is 21.5. The number of fused-ring (bicyclic) bond motifs is 3. The molecule has 2 unspecified atom stereocenters. The third kappa shape index (κ3) is 4.82. The number of hydrogen-bond donors (Lipinski definition) is 2. The van der Waals surface area contributed by atoms with Crippen molar-refractivity contribution in [3.63, 3.8) is 0 Å². The Morgan fingerprint density at radius 2 is 1.89 bits per heavy atom. The lowest BCUT2D eigenvalue weighted by Gasteiger charge is -2.48. The summed E-state index contributed by atoms with van der Waals surface area (Å²) in [5, 5.41) is 28.4. The Bertz CT molecular complexity index is 1950. The summed E-state index contributed by atoms with van der Waals surface area (Å²) in [4.78, 5) is 23.4. The first-order valence-electron chi connectivity index (χ1n) is 16.8. The SMILES string of the molecule is Cc1cc(-c2cnc3c(C(=O)O)c(-c4cnn(CC56CC7CCC(CC(C7)C5)C6)c4)ccn23)nnc1Nc1nc2c(s1)CCCC2. The number of anilines is 2. The Kier molecular flexibility index (Phi) is 6.56. The predicted octanol–water partition coefficient (Wildman–Crippen LogP) is 7.35. The number of aromatic nitrogens is 7. The van der Waals surface area contributed by atoms with Crippen molar-refractivity contribution < 1.29 is 9.90 Å². The highest BCUT2D eigenvalue weighted by Crippen LogP contribution is 2.58. The lowest BCUT2D eigenvalue weighted by molar-refractivity contribution is 0.0174. The lowest BCUT2D eigenvalue weighted by Crippen LogP contribution is -2.40. The van der Waals surface area contributed by atoms with E-state index >= 15 is 0 Å². The number of carboxylic acid groups (broad SMARTS) is 1. The molecule has 236 valence electrons. The van der Waals surface area contributed by atoms with Gasteiger partial charge in [0.2, 0.25) is 0 Å². The summed E-state index contributed by atoms with van der Waals surface area (Å²) in [5.74, 6) is 2.24. The number of pyridine rings is 1. The zero-order valence-corrected chi connectivity index (χ0v) is 26.9. The second-order valence-corrected chi connectivity index (χ2v) is 15.5. The van der Waals surface area contributed by atoms with Crippen molar-refractivity contribution in [3.8, 4) is 22.5 Å². The Morgan fingerprint density at radius 3 is 2.67 bits per heavy atom. The number of carbonyl (C=O) groups is 1. The molecule has 4 bridgehead atoms. The van der Waals surface area contributed by atoms with Gasteiger partial charge in [-0.3, -0.25) is 9.08 Å². The second-order valence-electron chi connectivity index (χ2n) is 14.4. The van der Waals surface area contributed by atoms with Gasteiger partial charge in [-0.1, -0.05) is 12.8 Å². The van der Waals surface area contributed by atoms with Crippen molar-refractivity contribution in [2.75, 3.05) is 5.32 Å². The van der Waals surface area contributed by atoms with Gasteiger partial charge in [-0.2, -0.15) is 5.10 Å². The number of aryl methyl sites for hydroxylation is 3. The molecule has 2 N–H and O–H groups in total. The highest BCUT2D eigenvalue weighted by molar-refractivity contribution is 7.15. The number of rotatable bonds is 7. The van der Waals surface area contributed by atoms with Crippen molar-refractivity contribution in [1.29, 1.82) is 0 Å². The number of nitrogens with zero attached hydrogens (tertiary/aromatic N) is 7. The van der Waals surface area contributed by atoms with E-state index in [1.165, 1.54) is 68.4 Å². The van der Waals surface area contributed by atoms with Crippen molar-refractivity contribution >= 4 is 33.9 Å². The average molecular weight is 635 g/mol. The van der Waals surface area contributed by atoms with E-state index in [0.29, 0.717) is 33.8 Å². The Morgan fingerprint density at radius 1 is 1.09 bits per heavy atom. The van der Waals surface area contributed by atoms with E-state index in [0.717, 1.165) is 53.4 Å². The molecule has 10 nitrogen and oxygen atoms in total. The molecule has 46 heavy (non-hydrogen) atoms. The summed E-state index contributed by atoms with van der Waals surface area (Å²) in [6, 6.07) is 3.82. The molecule has 4 fully saturated rings. The van der Waals surface area contributed by atoms with Crippen LogP contribution in [0.4, 0.5) is 10.9 Å². The number of hydrogen-bond acceptors (Lipinski definition) is 8. The molecule has 10 rings (SSSR count). The first-order chi connectivity index (χ1) is 22.4. The molecule has 0 radical (unpaired) electrons. The van der Waals surface area contributed by atoms with Crippen molar-refractivity contribution in [2.24, 2.45) is 23.2 Å². The molecule has 5 aliphatic carbocycles. The largest absolute Gasteiger partial charge is 0.478 e. The van der Waals surface area contributed by atoms with E-state index in [2.05, 4.69) is 25.2 Å². The maximum absolute atomic E-state index is 12.7. The molecular weight excluding hydrogens is 597 g/mol. The normalized spacial score (nSPS) is 25.1. The second kappa shape index (κ2) is 10.7. The average Bonchev–Trinajstić information content (AvgIpc) is 3.74. The van der Waals surface area contributed by atoms with Crippen LogP contribution in [0.5, 0.6) is 0 Å². The van der Waals surface area contributed by atoms with E-state index in [-0.39, 0.29) is 5.56 Å². The lowest BCUT2D eigenvalue weighted by atomic mass is 9.58. The smallest absolute Gasteiger partial charge is 0.340 e. The first kappa shape index (κ1) is 28.1. The van der Waals surface area contributed by atoms with Crippen LogP contribution < -0.4 is 5.32 Å². The summed E-state index contributed by atoms with van der Waals surface area (Å²) in [5.41, 5.74) is 5.73. The summed E-state index contributed by atoms with van der Waals surface area (Å²) >= 11 is 1.70. The van der Waals surface area contributed by atoms with Crippen LogP contribution >= 0.6 is 11.3 Å². The van der Waals surface area contributed by atoms with Crippen LogP contribution in [-0.4, -0.2) is 45.4 Å². The number of aromatic carboxylic acids is 1. The zero-order valence-electron chi connectivity index (χ0n) is 26.1. The van der Waals surface area contributed by atoms with Crippen molar-refractivity contribution in [1.82, 2.24) is 34.3 Å². The minimum Gasteiger partial charge on any atom is -0.478 e. The number of imidazole rings is 1. The molecule has 0 amide bonds. The third-order valence-electron chi connectivity index (χ3n) is 11.1. The van der Waals surface area contributed by atoms with Gasteiger partial charge in [0.05, 0.1) is 23.8 Å². The van der Waals surface area contributed by atoms with Crippen LogP contribution in [0.25, 0.3) is 28.2 Å². The third-order valence-corrected chi connectivity index (χ3v) is 12.2. The molecule has 5 aliphatic rings. The first-order valence-corrected chi connectivity index (χ1v) is 17.6. The van der Waals surface area contributed by atoms with Gasteiger partial charge in [0.1, 0.15) is 11.3 Å². The van der Waals surface area contributed by atoms with Gasteiger partial charge in [-0.25, -0.2) is 14.8 Å². The predicted molar refractivity (Wildman–Crippen MR) is 176 cm³/mol. The van der Waals surface area contributed by atoms with Crippen LogP contribution in [0, 0.1) is 30.1 Å². The molecule has 2 atom stereocenters. The van der Waals surface area contributed by atoms with E-state index in [1.807, 2.05) is 37.6 Å². The maximum Gasteiger partial charge on any atom is 0.340 e. The van der Waals surface area contributed by atoms with Crippen LogP contribution in [0.1, 0.15) is 84.3 Å². The van der Waals surface area contributed by atoms with Gasteiger partial charge in [0.15, 0.2) is 16.6 Å². The highest BCUT2D eigenvalue weighted by Gasteiger charge is 2.48. The summed E-state index contributed by atoms with van der Waals surface area (Å²) in [6.45, 7) is 2.91. The van der Waals surface area contributed by atoms with E-state index in [4.69, 9.17) is 10.1 Å². The van der Waals surface area contributed by atoms with Crippen LogP contribution in [0.15, 0.2) is 36.9 Å². The van der Waals surface area contributed by atoms with Gasteiger partial charge in [0, 0.05) is 34.9 Å². The maximum atomic E-state index is 12.7. The molecule has 5 heterocycles. The quantitative estimate of drug-likeness (QED) is 0.191. The van der Waals surface area contributed by atoms with Crippen LogP contribution in [-0.2, 0) is 19.4 Å². The van der Waals surface area contributed by atoms with Gasteiger partial charge in [0.25, 0.3) is 0 Å². The standard InChI is InChI=1S/C35H38N8O2S/c1-20-10-27(40-41-31(20)39-34-38-26-4-2-3-5-29(26)46-34)28-17-36-32-30(33(44)45)25(8-9-43(28)32)24-16-37-42(18-24)19-35-13-21-6-7-22(14-35)12-23(11-21)15-35/h8-10,16-18,21-23H,2-7,11-15,19H2,1H3,(H,44,45)(H,38,39,41). The van der Waals surface area contributed by atoms with Crippen molar-refractivity contribution in [2.45, 2.75) is 84.1 Å². The number of nitrogens with one attached hydrogen (secondary N) is 1. The monoisotopic (exact) mass is 634 g/mol. The Balaban J connectivity index is 0.998.